The van der Waals surface area contributed by atoms with Crippen molar-refractivity contribution in [1.29, 1.82) is 0 Å². The average Bonchev–Trinajstić information content (AvgIpc) is 2.93. The molecule has 2 heterocycles. The van der Waals surface area contributed by atoms with Gasteiger partial charge in [0.2, 0.25) is 5.96 Å². The van der Waals surface area contributed by atoms with Crippen LogP contribution in [0.5, 0.6) is 0 Å². The fraction of sp³-hybridized carbons (Fsp3) is 0.800. The Morgan fingerprint density at radius 2 is 2.04 bits per heavy atom. The first-order chi connectivity index (χ1) is 11.1. The van der Waals surface area contributed by atoms with Gasteiger partial charge in [-0.05, 0) is 26.7 Å². The summed E-state index contributed by atoms with van der Waals surface area (Å²) in [7, 11) is 0. The molecule has 0 amide bonds. The molecule has 3 unspecified atom stereocenters. The summed E-state index contributed by atoms with van der Waals surface area (Å²) in [5, 5.41) is 14.9. The number of nitrogens with zero attached hydrogens (tertiary/aromatic N) is 5. The third-order valence-electron chi connectivity index (χ3n) is 4.78. The summed E-state index contributed by atoms with van der Waals surface area (Å²) in [5.74, 6) is 1.01. The van der Waals surface area contributed by atoms with E-state index in [9.17, 15) is 10.1 Å². The van der Waals surface area contributed by atoms with Gasteiger partial charge in [0.05, 0.1) is 6.54 Å². The van der Waals surface area contributed by atoms with Crippen molar-refractivity contribution in [3.63, 3.8) is 0 Å². The van der Waals surface area contributed by atoms with Crippen LogP contribution in [-0.2, 0) is 0 Å². The first kappa shape index (κ1) is 15.9. The van der Waals surface area contributed by atoms with Crippen LogP contribution in [0.3, 0.4) is 0 Å². The molecule has 3 rings (SSSR count). The maximum atomic E-state index is 11.5. The van der Waals surface area contributed by atoms with Crippen molar-refractivity contribution in [2.75, 3.05) is 6.54 Å². The van der Waals surface area contributed by atoms with Crippen molar-refractivity contribution in [2.24, 2.45) is 15.0 Å². The second-order valence-corrected chi connectivity index (χ2v) is 6.49. The van der Waals surface area contributed by atoms with Crippen LogP contribution in [0.25, 0.3) is 0 Å². The van der Waals surface area contributed by atoms with Gasteiger partial charge in [-0.1, -0.05) is 19.3 Å². The summed E-state index contributed by atoms with van der Waals surface area (Å²) < 4.78 is 0. The lowest BCUT2D eigenvalue weighted by Gasteiger charge is -2.31. The second kappa shape index (κ2) is 6.64. The van der Waals surface area contributed by atoms with Gasteiger partial charge in [-0.3, -0.25) is 15.1 Å². The number of amidine groups is 1. The van der Waals surface area contributed by atoms with E-state index in [2.05, 4.69) is 20.3 Å². The van der Waals surface area contributed by atoms with Crippen molar-refractivity contribution in [2.45, 2.75) is 70.2 Å². The molecule has 0 aromatic rings. The van der Waals surface area contributed by atoms with Gasteiger partial charge < -0.3 is 10.2 Å². The summed E-state index contributed by atoms with van der Waals surface area (Å²) >= 11 is 0. The third kappa shape index (κ3) is 3.35. The Bertz CT molecular complexity index is 552. The van der Waals surface area contributed by atoms with E-state index in [0.29, 0.717) is 24.4 Å². The molecule has 0 radical (unpaired) electrons. The number of hydrogen-bond donors (Lipinski definition) is 1. The van der Waals surface area contributed by atoms with Crippen molar-refractivity contribution >= 4 is 18.0 Å². The Morgan fingerprint density at radius 1 is 1.30 bits per heavy atom. The zero-order valence-corrected chi connectivity index (χ0v) is 13.7. The quantitative estimate of drug-likeness (QED) is 0.615. The number of guanidine groups is 1. The van der Waals surface area contributed by atoms with Gasteiger partial charge in [-0.25, -0.2) is 4.99 Å². The van der Waals surface area contributed by atoms with Gasteiger partial charge in [0.15, 0.2) is 5.84 Å². The Hall–Kier alpha value is -1.99. The minimum absolute atomic E-state index is 0.113. The number of aliphatic imine (C=N–C) groups is 3. The van der Waals surface area contributed by atoms with Crippen LogP contribution in [0.15, 0.2) is 15.0 Å². The van der Waals surface area contributed by atoms with Gasteiger partial charge in [0.1, 0.15) is 12.2 Å². The number of nitro groups is 1. The van der Waals surface area contributed by atoms with E-state index in [-0.39, 0.29) is 11.1 Å². The van der Waals surface area contributed by atoms with E-state index in [0.717, 1.165) is 12.8 Å². The molecule has 23 heavy (non-hydrogen) atoms. The number of hydrogen-bond acceptors (Lipinski definition) is 7. The molecule has 0 saturated heterocycles. The van der Waals surface area contributed by atoms with Crippen LogP contribution in [-0.4, -0.2) is 58.7 Å². The smallest absolute Gasteiger partial charge is 0.291 e. The molecule has 1 saturated carbocycles. The van der Waals surface area contributed by atoms with Crippen LogP contribution in [0, 0.1) is 10.1 Å². The average molecular weight is 320 g/mol. The summed E-state index contributed by atoms with van der Waals surface area (Å²) in [6.07, 6.45) is 7.60. The minimum atomic E-state index is -0.906. The van der Waals surface area contributed by atoms with Crippen LogP contribution in [0.1, 0.15) is 46.0 Å². The van der Waals surface area contributed by atoms with Gasteiger partial charge in [-0.2, -0.15) is 4.99 Å². The highest BCUT2D eigenvalue weighted by molar-refractivity contribution is 6.01. The molecule has 0 aromatic heterocycles. The van der Waals surface area contributed by atoms with Crippen molar-refractivity contribution in [3.05, 3.63) is 10.1 Å². The Balaban J connectivity index is 1.81. The largest absolute Gasteiger partial charge is 0.352 e. The molecular formula is C15H24N6O2. The monoisotopic (exact) mass is 320 g/mol. The highest BCUT2D eigenvalue weighted by atomic mass is 16.6. The maximum Gasteiger partial charge on any atom is 0.291 e. The molecule has 1 N–H and O–H groups in total. The molecule has 3 aliphatic rings. The SMILES string of the molecule is CC1N=C(NC2CCCCC2)N=C(N2CC=NC2C)C1[N+](=O)[O-]. The Morgan fingerprint density at radius 3 is 2.65 bits per heavy atom. The molecule has 3 atom stereocenters. The summed E-state index contributed by atoms with van der Waals surface area (Å²) in [6, 6.07) is -0.966. The molecule has 126 valence electrons. The molecule has 0 aromatic carbocycles. The fourth-order valence-corrected chi connectivity index (χ4v) is 3.49. The predicted octanol–water partition coefficient (Wildman–Crippen LogP) is 1.44. The zero-order chi connectivity index (χ0) is 16.4. The maximum absolute atomic E-state index is 11.5. The molecule has 0 spiro atoms. The van der Waals surface area contributed by atoms with Gasteiger partial charge in [-0.15, -0.1) is 0 Å². The van der Waals surface area contributed by atoms with E-state index in [1.165, 1.54) is 19.3 Å². The molecule has 8 nitrogen and oxygen atoms in total. The standard InChI is InChI=1S/C15H24N6O2/c1-10-13(21(22)23)14(20-9-8-16-11(20)2)19-15(17-10)18-12-6-4-3-5-7-12/h8,10-13H,3-7,9H2,1-2H3,(H,17,18). The van der Waals surface area contributed by atoms with Crippen LogP contribution in [0.4, 0.5) is 0 Å². The lowest BCUT2D eigenvalue weighted by Crippen LogP contribution is -2.53. The summed E-state index contributed by atoms with van der Waals surface area (Å²) in [4.78, 5) is 26.4. The van der Waals surface area contributed by atoms with Gasteiger partial charge in [0.25, 0.3) is 6.04 Å². The van der Waals surface area contributed by atoms with Crippen LogP contribution >= 0.6 is 0 Å². The molecule has 1 fully saturated rings. The Kier molecular flexibility index (Phi) is 4.58. The highest BCUT2D eigenvalue weighted by Gasteiger charge is 2.42. The fourth-order valence-electron chi connectivity index (χ4n) is 3.49. The molecular weight excluding hydrogens is 296 g/mol. The van der Waals surface area contributed by atoms with Crippen molar-refractivity contribution in [3.8, 4) is 0 Å². The first-order valence-corrected chi connectivity index (χ1v) is 8.41. The van der Waals surface area contributed by atoms with Crippen LogP contribution < -0.4 is 5.32 Å². The second-order valence-electron chi connectivity index (χ2n) is 6.49. The van der Waals surface area contributed by atoms with Crippen LogP contribution in [0.2, 0.25) is 0 Å². The van der Waals surface area contributed by atoms with E-state index in [1.807, 2.05) is 11.8 Å². The lowest BCUT2D eigenvalue weighted by molar-refractivity contribution is -0.506. The lowest BCUT2D eigenvalue weighted by atomic mass is 9.96. The van der Waals surface area contributed by atoms with Gasteiger partial charge >= 0.3 is 0 Å². The third-order valence-corrected chi connectivity index (χ3v) is 4.78. The summed E-state index contributed by atoms with van der Waals surface area (Å²) in [5.41, 5.74) is 0. The minimum Gasteiger partial charge on any atom is -0.352 e. The van der Waals surface area contributed by atoms with E-state index < -0.39 is 12.1 Å². The zero-order valence-electron chi connectivity index (χ0n) is 13.7. The molecule has 2 aliphatic heterocycles. The van der Waals surface area contributed by atoms with Crippen molar-refractivity contribution in [1.82, 2.24) is 10.2 Å². The summed E-state index contributed by atoms with van der Waals surface area (Å²) in [6.45, 7) is 4.27. The molecule has 1 aliphatic carbocycles. The van der Waals surface area contributed by atoms with E-state index in [1.54, 1.807) is 13.1 Å². The van der Waals surface area contributed by atoms with Crippen molar-refractivity contribution < 1.29 is 4.92 Å². The highest BCUT2D eigenvalue weighted by Crippen LogP contribution is 2.21. The number of rotatable bonds is 2. The topological polar surface area (TPSA) is 95.5 Å². The van der Waals surface area contributed by atoms with Gasteiger partial charge in [0, 0.05) is 17.2 Å². The Labute approximate surface area is 135 Å². The molecule has 8 heteroatoms. The predicted molar refractivity (Wildman–Crippen MR) is 89.8 cm³/mol. The van der Waals surface area contributed by atoms with E-state index >= 15 is 0 Å². The first-order valence-electron chi connectivity index (χ1n) is 8.41. The normalized spacial score (nSPS) is 31.7. The van der Waals surface area contributed by atoms with E-state index in [4.69, 9.17) is 0 Å². The molecule has 0 bridgehead atoms. The number of nitrogens with one attached hydrogen (secondary N) is 1.